The summed E-state index contributed by atoms with van der Waals surface area (Å²) in [6.07, 6.45) is 3.64. The molecule has 2 unspecified atom stereocenters. The average Bonchev–Trinajstić information content (AvgIpc) is 3.69. The number of alkyl halides is 2. The van der Waals surface area contributed by atoms with Gasteiger partial charge in [-0.3, -0.25) is 4.98 Å². The van der Waals surface area contributed by atoms with Crippen LogP contribution in [0.2, 0.25) is 10.0 Å². The number of carbonyl (C=O) groups excluding carboxylic acids is 1. The molecule has 1 saturated heterocycles. The van der Waals surface area contributed by atoms with Gasteiger partial charge < -0.3 is 18.9 Å². The molecule has 1 aromatic heterocycles. The van der Waals surface area contributed by atoms with Crippen molar-refractivity contribution in [1.82, 2.24) is 9.29 Å². The number of nitrogens with zero attached hydrogens (tertiary/aromatic N) is 2. The van der Waals surface area contributed by atoms with Gasteiger partial charge in [0.2, 0.25) is 10.0 Å². The van der Waals surface area contributed by atoms with Gasteiger partial charge in [0.25, 0.3) is 0 Å². The van der Waals surface area contributed by atoms with Crippen LogP contribution in [0.4, 0.5) is 8.78 Å². The quantitative estimate of drug-likeness (QED) is 0.189. The third kappa shape index (κ3) is 7.68. The molecule has 9 nitrogen and oxygen atoms in total. The van der Waals surface area contributed by atoms with Crippen LogP contribution >= 0.6 is 35.0 Å². The largest absolute Gasteiger partial charge is 0.497 e. The lowest BCUT2D eigenvalue weighted by Crippen LogP contribution is -2.40. The van der Waals surface area contributed by atoms with Gasteiger partial charge in [-0.1, -0.05) is 29.3 Å². The van der Waals surface area contributed by atoms with Gasteiger partial charge in [-0.15, -0.1) is 11.8 Å². The number of carbonyl (C=O) groups is 1. The standard InChI is InChI=1S/C29H28Cl2F2N2O7S2/c1-39-19-5-7-20(8-6-19)44(37,38)35-10-11-43-27(35)28(36)41-25(13-21-22(30)14-34-15-23(21)31)18-4-9-24(42-29(32)33)26(12-18)40-16-17-2-3-17/h4-9,12,14-15,17,25,27,29H,2-3,10-11,13,16H2,1H3. The van der Waals surface area contributed by atoms with Gasteiger partial charge in [0.15, 0.2) is 16.9 Å². The molecule has 0 spiro atoms. The molecule has 2 aliphatic rings. The number of esters is 1. The van der Waals surface area contributed by atoms with Crippen LogP contribution in [0.1, 0.15) is 30.1 Å². The monoisotopic (exact) mass is 688 g/mol. The van der Waals surface area contributed by atoms with Gasteiger partial charge in [0.1, 0.15) is 11.9 Å². The fraction of sp³-hybridized carbons (Fsp3) is 0.379. The van der Waals surface area contributed by atoms with Crippen molar-refractivity contribution in [1.29, 1.82) is 0 Å². The molecular weight excluding hydrogens is 661 g/mol. The van der Waals surface area contributed by atoms with Crippen molar-refractivity contribution < 1.29 is 40.9 Å². The molecule has 0 N–H and O–H groups in total. The van der Waals surface area contributed by atoms with Crippen molar-refractivity contribution >= 4 is 51.0 Å². The molecule has 0 bridgehead atoms. The highest BCUT2D eigenvalue weighted by molar-refractivity contribution is 8.02. The third-order valence-corrected chi connectivity index (χ3v) is 10.9. The first kappa shape index (κ1) is 32.6. The zero-order valence-electron chi connectivity index (χ0n) is 23.3. The van der Waals surface area contributed by atoms with Crippen LogP contribution < -0.4 is 14.2 Å². The predicted octanol–water partition coefficient (Wildman–Crippen LogP) is 6.38. The molecule has 3 aromatic rings. The highest BCUT2D eigenvalue weighted by Crippen LogP contribution is 2.39. The number of halogens is 4. The molecule has 2 heterocycles. The maximum Gasteiger partial charge on any atom is 0.387 e. The van der Waals surface area contributed by atoms with E-state index in [-0.39, 0.29) is 39.4 Å². The predicted molar refractivity (Wildman–Crippen MR) is 161 cm³/mol. The molecule has 1 aliphatic heterocycles. The number of thioether (sulfide) groups is 1. The van der Waals surface area contributed by atoms with Gasteiger partial charge in [-0.2, -0.15) is 13.1 Å². The number of pyridine rings is 1. The van der Waals surface area contributed by atoms with Crippen LogP contribution in [-0.2, 0) is 26.0 Å². The first-order chi connectivity index (χ1) is 21.1. The van der Waals surface area contributed by atoms with Crippen molar-refractivity contribution in [2.75, 3.05) is 26.0 Å². The lowest BCUT2D eigenvalue weighted by Gasteiger charge is -2.26. The summed E-state index contributed by atoms with van der Waals surface area (Å²) in [5.41, 5.74) is 0.804. The Morgan fingerprint density at radius 3 is 2.43 bits per heavy atom. The van der Waals surface area contributed by atoms with Crippen LogP contribution in [0.25, 0.3) is 0 Å². The summed E-state index contributed by atoms with van der Waals surface area (Å²) in [7, 11) is -2.60. The zero-order chi connectivity index (χ0) is 31.4. The average molecular weight is 690 g/mol. The lowest BCUT2D eigenvalue weighted by molar-refractivity contribution is -0.150. The molecule has 44 heavy (non-hydrogen) atoms. The van der Waals surface area contributed by atoms with Crippen molar-refractivity contribution in [3.05, 3.63) is 76.0 Å². The van der Waals surface area contributed by atoms with E-state index in [0.717, 1.165) is 28.9 Å². The highest BCUT2D eigenvalue weighted by atomic mass is 35.5. The van der Waals surface area contributed by atoms with Gasteiger partial charge in [-0.25, -0.2) is 13.2 Å². The smallest absolute Gasteiger partial charge is 0.387 e. The van der Waals surface area contributed by atoms with E-state index >= 15 is 0 Å². The summed E-state index contributed by atoms with van der Waals surface area (Å²) >= 11 is 13.9. The van der Waals surface area contributed by atoms with Crippen LogP contribution in [0, 0.1) is 5.92 Å². The highest BCUT2D eigenvalue weighted by Gasteiger charge is 2.42. The minimum absolute atomic E-state index is 0.00225. The topological polar surface area (TPSA) is 104 Å². The number of methoxy groups -OCH3 is 1. The van der Waals surface area contributed by atoms with Crippen molar-refractivity contribution in [3.63, 3.8) is 0 Å². The minimum Gasteiger partial charge on any atom is -0.497 e. The molecular formula is C29H28Cl2F2N2O7S2. The summed E-state index contributed by atoms with van der Waals surface area (Å²) in [6, 6.07) is 10.1. The number of ether oxygens (including phenoxy) is 4. The van der Waals surface area contributed by atoms with Crippen LogP contribution in [0.15, 0.2) is 59.8 Å². The molecule has 2 aromatic carbocycles. The Hall–Kier alpha value is -2.84. The molecule has 2 atom stereocenters. The van der Waals surface area contributed by atoms with Crippen molar-refractivity contribution in [3.8, 4) is 17.2 Å². The summed E-state index contributed by atoms with van der Waals surface area (Å²) in [5, 5.41) is -0.735. The number of benzene rings is 2. The van der Waals surface area contributed by atoms with Gasteiger partial charge in [0.05, 0.1) is 28.7 Å². The molecule has 1 aliphatic carbocycles. The Morgan fingerprint density at radius 1 is 1.09 bits per heavy atom. The van der Waals surface area contributed by atoms with E-state index in [1.807, 2.05) is 0 Å². The van der Waals surface area contributed by atoms with E-state index in [4.69, 9.17) is 37.4 Å². The SMILES string of the molecule is COc1ccc(S(=O)(=O)N2CCSC2C(=O)OC(Cc2c(Cl)cncc2Cl)c2ccc(OC(F)F)c(OCC3CC3)c2)cc1. The Morgan fingerprint density at radius 2 is 1.80 bits per heavy atom. The van der Waals surface area contributed by atoms with Crippen LogP contribution in [0.3, 0.4) is 0 Å². The third-order valence-electron chi connectivity index (χ3n) is 7.04. The van der Waals surface area contributed by atoms with Gasteiger partial charge in [-0.05, 0) is 66.3 Å². The summed E-state index contributed by atoms with van der Waals surface area (Å²) in [6.45, 7) is -2.68. The number of hydrogen-bond acceptors (Lipinski definition) is 9. The summed E-state index contributed by atoms with van der Waals surface area (Å²) in [5.74, 6) is 0.237. The lowest BCUT2D eigenvalue weighted by atomic mass is 10.0. The molecule has 15 heteroatoms. The Labute approximate surface area is 267 Å². The van der Waals surface area contributed by atoms with E-state index in [0.29, 0.717) is 35.2 Å². The number of aromatic nitrogens is 1. The fourth-order valence-corrected chi connectivity index (χ4v) is 8.10. The Kier molecular flexibility index (Phi) is 10.4. The van der Waals surface area contributed by atoms with E-state index in [9.17, 15) is 22.0 Å². The fourth-order valence-electron chi connectivity index (χ4n) is 4.54. The van der Waals surface area contributed by atoms with Gasteiger partial charge in [0, 0.05) is 31.1 Å². The first-order valence-electron chi connectivity index (χ1n) is 13.5. The summed E-state index contributed by atoms with van der Waals surface area (Å²) in [4.78, 5) is 17.7. The zero-order valence-corrected chi connectivity index (χ0v) is 26.5. The molecule has 2 fully saturated rings. The first-order valence-corrected chi connectivity index (χ1v) is 16.8. The van der Waals surface area contributed by atoms with Crippen molar-refractivity contribution in [2.24, 2.45) is 5.92 Å². The molecule has 236 valence electrons. The summed E-state index contributed by atoms with van der Waals surface area (Å²) < 4.78 is 76.0. The van der Waals surface area contributed by atoms with E-state index in [1.165, 1.54) is 62.0 Å². The number of sulfonamides is 1. The van der Waals surface area contributed by atoms with E-state index < -0.39 is 34.1 Å². The molecule has 0 amide bonds. The second-order valence-corrected chi connectivity index (χ2v) is 14.0. The van der Waals surface area contributed by atoms with Gasteiger partial charge >= 0.3 is 12.6 Å². The maximum absolute atomic E-state index is 13.7. The number of hydrogen-bond donors (Lipinski definition) is 0. The normalized spacial score (nSPS) is 17.8. The second-order valence-electron chi connectivity index (χ2n) is 10.1. The van der Waals surface area contributed by atoms with Crippen LogP contribution in [0.5, 0.6) is 17.2 Å². The Bertz CT molecular complexity index is 1570. The van der Waals surface area contributed by atoms with Crippen LogP contribution in [-0.4, -0.2) is 61.7 Å². The van der Waals surface area contributed by atoms with E-state index in [1.54, 1.807) is 0 Å². The molecule has 1 saturated carbocycles. The Balaban J connectivity index is 1.45. The minimum atomic E-state index is -4.07. The van der Waals surface area contributed by atoms with E-state index in [2.05, 4.69) is 9.72 Å². The molecule has 5 rings (SSSR count). The maximum atomic E-state index is 13.7. The number of rotatable bonds is 13. The molecule has 0 radical (unpaired) electrons. The second kappa shape index (κ2) is 14.1. The van der Waals surface area contributed by atoms with Crippen molar-refractivity contribution in [2.45, 2.75) is 42.2 Å².